The van der Waals surface area contributed by atoms with Gasteiger partial charge in [-0.3, -0.25) is 0 Å². The summed E-state index contributed by atoms with van der Waals surface area (Å²) in [5.41, 5.74) is 1.19. The SMILES string of the molecule is Cc1cccc(C(=O)O)c1OCC1CC2CCC1C2. The highest BCUT2D eigenvalue weighted by molar-refractivity contribution is 5.91. The number of fused-ring (bicyclic) bond motifs is 2. The van der Waals surface area contributed by atoms with E-state index in [2.05, 4.69) is 0 Å². The first-order valence-electron chi connectivity index (χ1n) is 7.11. The van der Waals surface area contributed by atoms with Crippen LogP contribution in [0, 0.1) is 24.7 Å². The van der Waals surface area contributed by atoms with Crippen LogP contribution in [-0.2, 0) is 0 Å². The van der Waals surface area contributed by atoms with E-state index < -0.39 is 5.97 Å². The zero-order valence-corrected chi connectivity index (χ0v) is 11.3. The van der Waals surface area contributed by atoms with Crippen molar-refractivity contribution in [3.63, 3.8) is 0 Å². The maximum absolute atomic E-state index is 11.2. The molecule has 0 amide bonds. The second-order valence-electron chi connectivity index (χ2n) is 6.00. The molecule has 0 saturated heterocycles. The zero-order chi connectivity index (χ0) is 13.4. The molecule has 102 valence electrons. The van der Waals surface area contributed by atoms with Gasteiger partial charge in [-0.05, 0) is 55.6 Å². The number of rotatable bonds is 4. The van der Waals surface area contributed by atoms with Crippen LogP contribution in [0.5, 0.6) is 5.75 Å². The lowest BCUT2D eigenvalue weighted by atomic mass is 9.89. The molecule has 0 aromatic heterocycles. The standard InChI is InChI=1S/C16H20O3/c1-10-3-2-4-14(16(17)18)15(10)19-9-13-8-11-5-6-12(13)7-11/h2-4,11-13H,5-9H2,1H3,(H,17,18). The molecule has 3 heteroatoms. The van der Waals surface area contributed by atoms with E-state index in [-0.39, 0.29) is 5.56 Å². The van der Waals surface area contributed by atoms with E-state index in [0.717, 1.165) is 17.4 Å². The number of aryl methyl sites for hydroxylation is 1. The number of ether oxygens (including phenoxy) is 1. The van der Waals surface area contributed by atoms with Crippen LogP contribution in [0.3, 0.4) is 0 Å². The number of para-hydroxylation sites is 1. The highest BCUT2D eigenvalue weighted by Gasteiger charge is 2.39. The van der Waals surface area contributed by atoms with Gasteiger partial charge in [0.1, 0.15) is 11.3 Å². The Bertz CT molecular complexity index is 495. The van der Waals surface area contributed by atoms with Gasteiger partial charge >= 0.3 is 5.97 Å². The predicted octanol–water partition coefficient (Wildman–Crippen LogP) is 3.51. The summed E-state index contributed by atoms with van der Waals surface area (Å²) in [5, 5.41) is 9.21. The molecular formula is C16H20O3. The number of carbonyl (C=O) groups is 1. The fraction of sp³-hybridized carbons (Fsp3) is 0.562. The fourth-order valence-corrected chi connectivity index (χ4v) is 3.78. The van der Waals surface area contributed by atoms with Crippen LogP contribution >= 0.6 is 0 Å². The minimum atomic E-state index is -0.911. The van der Waals surface area contributed by atoms with Crippen molar-refractivity contribution in [1.29, 1.82) is 0 Å². The minimum Gasteiger partial charge on any atom is -0.492 e. The van der Waals surface area contributed by atoms with Gasteiger partial charge in [-0.15, -0.1) is 0 Å². The molecule has 3 rings (SSSR count). The Balaban J connectivity index is 1.71. The summed E-state index contributed by atoms with van der Waals surface area (Å²) in [6, 6.07) is 5.29. The summed E-state index contributed by atoms with van der Waals surface area (Å²) in [6.07, 6.45) is 5.33. The maximum atomic E-state index is 11.2. The minimum absolute atomic E-state index is 0.281. The summed E-state index contributed by atoms with van der Waals surface area (Å²) < 4.78 is 5.88. The van der Waals surface area contributed by atoms with Crippen LogP contribution in [0.25, 0.3) is 0 Å². The molecule has 2 bridgehead atoms. The Labute approximate surface area is 113 Å². The summed E-state index contributed by atoms with van der Waals surface area (Å²) in [4.78, 5) is 11.2. The Morgan fingerprint density at radius 2 is 2.21 bits per heavy atom. The molecule has 1 aromatic carbocycles. The van der Waals surface area contributed by atoms with Crippen molar-refractivity contribution in [3.05, 3.63) is 29.3 Å². The van der Waals surface area contributed by atoms with Crippen LogP contribution in [0.4, 0.5) is 0 Å². The first-order valence-corrected chi connectivity index (χ1v) is 7.11. The molecule has 19 heavy (non-hydrogen) atoms. The molecule has 2 saturated carbocycles. The van der Waals surface area contributed by atoms with Gasteiger partial charge < -0.3 is 9.84 Å². The number of carboxylic acids is 1. The van der Waals surface area contributed by atoms with Crippen LogP contribution in [-0.4, -0.2) is 17.7 Å². The van der Waals surface area contributed by atoms with E-state index >= 15 is 0 Å². The molecule has 0 aliphatic heterocycles. The average molecular weight is 260 g/mol. The molecule has 3 unspecified atom stereocenters. The average Bonchev–Trinajstić information content (AvgIpc) is 2.99. The summed E-state index contributed by atoms with van der Waals surface area (Å²) in [5.74, 6) is 1.97. The second kappa shape index (κ2) is 4.87. The summed E-state index contributed by atoms with van der Waals surface area (Å²) in [7, 11) is 0. The van der Waals surface area contributed by atoms with Crippen LogP contribution in [0.2, 0.25) is 0 Å². The van der Waals surface area contributed by atoms with Crippen LogP contribution in [0.1, 0.15) is 41.6 Å². The van der Waals surface area contributed by atoms with Crippen molar-refractivity contribution in [2.24, 2.45) is 17.8 Å². The van der Waals surface area contributed by atoms with Gasteiger partial charge in [0.05, 0.1) is 6.61 Å². The fourth-order valence-electron chi connectivity index (χ4n) is 3.78. The largest absolute Gasteiger partial charge is 0.492 e. The Morgan fingerprint density at radius 1 is 1.37 bits per heavy atom. The number of aromatic carboxylic acids is 1. The number of hydrogen-bond acceptors (Lipinski definition) is 2. The summed E-state index contributed by atoms with van der Waals surface area (Å²) in [6.45, 7) is 2.58. The molecule has 3 atom stereocenters. The molecule has 0 spiro atoms. The van der Waals surface area contributed by atoms with Gasteiger partial charge in [-0.2, -0.15) is 0 Å². The number of benzene rings is 1. The van der Waals surface area contributed by atoms with Crippen molar-refractivity contribution in [1.82, 2.24) is 0 Å². The maximum Gasteiger partial charge on any atom is 0.339 e. The van der Waals surface area contributed by atoms with E-state index in [1.165, 1.54) is 25.7 Å². The molecule has 0 heterocycles. The van der Waals surface area contributed by atoms with Gasteiger partial charge in [-0.25, -0.2) is 4.79 Å². The predicted molar refractivity (Wildman–Crippen MR) is 72.6 cm³/mol. The molecule has 2 fully saturated rings. The van der Waals surface area contributed by atoms with Gasteiger partial charge in [0.25, 0.3) is 0 Å². The highest BCUT2D eigenvalue weighted by atomic mass is 16.5. The highest BCUT2D eigenvalue weighted by Crippen LogP contribution is 2.48. The molecule has 2 aliphatic carbocycles. The van der Waals surface area contributed by atoms with Crippen molar-refractivity contribution < 1.29 is 14.6 Å². The molecule has 1 aromatic rings. The molecule has 1 N–H and O–H groups in total. The van der Waals surface area contributed by atoms with Crippen molar-refractivity contribution in [3.8, 4) is 5.75 Å². The quantitative estimate of drug-likeness (QED) is 0.901. The van der Waals surface area contributed by atoms with E-state index in [4.69, 9.17) is 4.74 Å². The monoisotopic (exact) mass is 260 g/mol. The smallest absolute Gasteiger partial charge is 0.339 e. The van der Waals surface area contributed by atoms with E-state index in [1.807, 2.05) is 13.0 Å². The van der Waals surface area contributed by atoms with Crippen LogP contribution < -0.4 is 4.74 Å². The lowest BCUT2D eigenvalue weighted by Gasteiger charge is -2.22. The van der Waals surface area contributed by atoms with Crippen LogP contribution in [0.15, 0.2) is 18.2 Å². The van der Waals surface area contributed by atoms with E-state index in [9.17, 15) is 9.90 Å². The van der Waals surface area contributed by atoms with E-state index in [0.29, 0.717) is 18.3 Å². The Morgan fingerprint density at radius 3 is 2.84 bits per heavy atom. The second-order valence-corrected chi connectivity index (χ2v) is 6.00. The van der Waals surface area contributed by atoms with Gasteiger partial charge in [0, 0.05) is 0 Å². The lowest BCUT2D eigenvalue weighted by Crippen LogP contribution is -2.19. The van der Waals surface area contributed by atoms with Gasteiger partial charge in [0.2, 0.25) is 0 Å². The van der Waals surface area contributed by atoms with E-state index in [1.54, 1.807) is 12.1 Å². The molecule has 3 nitrogen and oxygen atoms in total. The lowest BCUT2D eigenvalue weighted by molar-refractivity contribution is 0.0690. The number of hydrogen-bond donors (Lipinski definition) is 1. The Kier molecular flexibility index (Phi) is 3.21. The number of carboxylic acid groups (broad SMARTS) is 1. The zero-order valence-electron chi connectivity index (χ0n) is 11.3. The van der Waals surface area contributed by atoms with Gasteiger partial charge in [-0.1, -0.05) is 18.6 Å². The van der Waals surface area contributed by atoms with Crippen molar-refractivity contribution >= 4 is 5.97 Å². The third-order valence-corrected chi connectivity index (χ3v) is 4.77. The summed E-state index contributed by atoms with van der Waals surface area (Å²) >= 11 is 0. The van der Waals surface area contributed by atoms with Gasteiger partial charge in [0.15, 0.2) is 0 Å². The third kappa shape index (κ3) is 2.34. The molecule has 0 radical (unpaired) electrons. The first kappa shape index (κ1) is 12.5. The van der Waals surface area contributed by atoms with Crippen molar-refractivity contribution in [2.45, 2.75) is 32.6 Å². The third-order valence-electron chi connectivity index (χ3n) is 4.77. The molecule has 2 aliphatic rings. The van der Waals surface area contributed by atoms with Crippen molar-refractivity contribution in [2.75, 3.05) is 6.61 Å². The normalized spacial score (nSPS) is 28.6. The topological polar surface area (TPSA) is 46.5 Å². The Hall–Kier alpha value is -1.51. The first-order chi connectivity index (χ1) is 9.15. The molecular weight excluding hydrogens is 240 g/mol.